The van der Waals surface area contributed by atoms with Gasteiger partial charge in [0.05, 0.1) is 5.69 Å². The van der Waals surface area contributed by atoms with Crippen molar-refractivity contribution in [3.63, 3.8) is 0 Å². The molecule has 0 aromatic carbocycles. The monoisotopic (exact) mass is 216 g/mol. The van der Waals surface area contributed by atoms with Crippen LogP contribution in [0.15, 0.2) is 30.0 Å². The average molecular weight is 216 g/mol. The minimum absolute atomic E-state index is 0.577. The summed E-state index contributed by atoms with van der Waals surface area (Å²) in [4.78, 5) is 4.34. The Hall–Kier alpha value is -1.15. The number of hydrogen-bond acceptors (Lipinski definition) is 2. The van der Waals surface area contributed by atoms with Crippen molar-refractivity contribution in [2.75, 3.05) is 6.54 Å². The predicted molar refractivity (Wildman–Crippen MR) is 68.1 cm³/mol. The summed E-state index contributed by atoms with van der Waals surface area (Å²) in [6.07, 6.45) is 6.74. The Morgan fingerprint density at radius 3 is 2.88 bits per heavy atom. The van der Waals surface area contributed by atoms with Crippen LogP contribution >= 0.6 is 0 Å². The highest BCUT2D eigenvalue weighted by atomic mass is 14.9. The lowest BCUT2D eigenvalue weighted by Crippen LogP contribution is -2.21. The minimum Gasteiger partial charge on any atom is -0.310 e. The fourth-order valence-electron chi connectivity index (χ4n) is 1.62. The van der Waals surface area contributed by atoms with Crippen molar-refractivity contribution in [3.8, 4) is 0 Å². The topological polar surface area (TPSA) is 24.9 Å². The number of pyridine rings is 1. The van der Waals surface area contributed by atoms with Crippen LogP contribution in [0.3, 0.4) is 0 Å². The molecule has 2 nitrogen and oxygen atoms in total. The second-order valence-corrected chi connectivity index (χ2v) is 4.78. The maximum atomic E-state index is 4.34. The molecule has 86 valence electrons. The van der Waals surface area contributed by atoms with E-state index in [1.54, 1.807) is 0 Å². The molecule has 0 bridgehead atoms. The molecule has 0 unspecified atom stereocenters. The lowest BCUT2D eigenvalue weighted by atomic mass is 10.0. The fraction of sp³-hybridized carbons (Fsp3) is 0.500. The van der Waals surface area contributed by atoms with E-state index in [2.05, 4.69) is 36.3 Å². The smallest absolute Gasteiger partial charge is 0.0629 e. The maximum Gasteiger partial charge on any atom is 0.0629 e. The van der Waals surface area contributed by atoms with Gasteiger partial charge in [-0.25, -0.2) is 0 Å². The van der Waals surface area contributed by atoms with E-state index in [1.165, 1.54) is 18.4 Å². The first-order chi connectivity index (χ1) is 7.75. The van der Waals surface area contributed by atoms with Gasteiger partial charge in [0.25, 0.3) is 0 Å². The number of nitrogens with one attached hydrogen (secondary N) is 1. The van der Waals surface area contributed by atoms with Gasteiger partial charge in [0.1, 0.15) is 0 Å². The van der Waals surface area contributed by atoms with E-state index in [0.29, 0.717) is 5.92 Å². The Bertz CT molecular complexity index is 350. The first-order valence-corrected chi connectivity index (χ1v) is 6.10. The summed E-state index contributed by atoms with van der Waals surface area (Å²) in [7, 11) is 0. The van der Waals surface area contributed by atoms with Crippen LogP contribution in [0.5, 0.6) is 0 Å². The third-order valence-corrected chi connectivity index (χ3v) is 2.93. The highest BCUT2D eigenvalue weighted by Gasteiger charge is 2.20. The fourth-order valence-corrected chi connectivity index (χ4v) is 1.62. The summed E-state index contributed by atoms with van der Waals surface area (Å²) in [6, 6.07) is 6.81. The summed E-state index contributed by atoms with van der Waals surface area (Å²) >= 11 is 0. The van der Waals surface area contributed by atoms with Crippen LogP contribution in [-0.4, -0.2) is 17.6 Å². The van der Waals surface area contributed by atoms with Gasteiger partial charge < -0.3 is 5.32 Å². The normalized spacial score (nSPS) is 16.8. The third kappa shape index (κ3) is 3.46. The second kappa shape index (κ2) is 5.26. The highest BCUT2D eigenvalue weighted by Crippen LogP contribution is 2.20. The first kappa shape index (κ1) is 11.3. The van der Waals surface area contributed by atoms with Gasteiger partial charge in [-0.3, -0.25) is 4.98 Å². The van der Waals surface area contributed by atoms with Crippen molar-refractivity contribution in [3.05, 3.63) is 35.7 Å². The number of aromatic nitrogens is 1. The molecule has 1 aliphatic rings. The first-order valence-electron chi connectivity index (χ1n) is 6.10. The average Bonchev–Trinajstić information content (AvgIpc) is 3.09. The third-order valence-electron chi connectivity index (χ3n) is 2.93. The molecule has 1 aromatic rings. The molecule has 0 saturated heterocycles. The molecular weight excluding hydrogens is 196 g/mol. The summed E-state index contributed by atoms with van der Waals surface area (Å²) in [6.45, 7) is 5.48. The van der Waals surface area contributed by atoms with E-state index in [0.717, 1.165) is 18.3 Å². The van der Waals surface area contributed by atoms with Gasteiger partial charge in [0, 0.05) is 18.8 Å². The summed E-state index contributed by atoms with van der Waals surface area (Å²) in [5.74, 6) is 0.577. The van der Waals surface area contributed by atoms with Crippen molar-refractivity contribution < 1.29 is 0 Å². The quantitative estimate of drug-likeness (QED) is 0.818. The molecule has 0 amide bonds. The Balaban J connectivity index is 2.02. The molecule has 1 aromatic heterocycles. The van der Waals surface area contributed by atoms with E-state index >= 15 is 0 Å². The largest absolute Gasteiger partial charge is 0.310 e. The summed E-state index contributed by atoms with van der Waals surface area (Å²) in [5.41, 5.74) is 2.49. The van der Waals surface area contributed by atoms with Crippen LogP contribution in [0.4, 0.5) is 0 Å². The molecule has 1 N–H and O–H groups in total. The van der Waals surface area contributed by atoms with Crippen LogP contribution in [-0.2, 0) is 0 Å². The van der Waals surface area contributed by atoms with Crippen molar-refractivity contribution in [2.24, 2.45) is 5.92 Å². The summed E-state index contributed by atoms with van der Waals surface area (Å²) in [5, 5.41) is 3.56. The molecule has 0 atom stereocenters. The Morgan fingerprint density at radius 2 is 2.31 bits per heavy atom. The number of nitrogens with zero attached hydrogens (tertiary/aromatic N) is 1. The van der Waals surface area contributed by atoms with Crippen molar-refractivity contribution in [2.45, 2.75) is 32.7 Å². The molecule has 1 saturated carbocycles. The van der Waals surface area contributed by atoms with E-state index in [1.807, 2.05) is 18.3 Å². The van der Waals surface area contributed by atoms with Gasteiger partial charge in [-0.15, -0.1) is 0 Å². The standard InChI is InChI=1S/C14H20N2/c1-11(2)12(10-16-13-6-7-13)9-14-5-3-4-8-15-14/h3-5,8-9,11,13,16H,6-7,10H2,1-2H3. The molecular formula is C14H20N2. The van der Waals surface area contributed by atoms with Crippen LogP contribution in [0.25, 0.3) is 6.08 Å². The van der Waals surface area contributed by atoms with Crippen molar-refractivity contribution in [1.82, 2.24) is 10.3 Å². The van der Waals surface area contributed by atoms with Crippen molar-refractivity contribution in [1.29, 1.82) is 0 Å². The van der Waals surface area contributed by atoms with Gasteiger partial charge in [0.2, 0.25) is 0 Å². The molecule has 0 aliphatic heterocycles. The SMILES string of the molecule is CC(C)C(=Cc1ccccn1)CNC1CC1. The highest BCUT2D eigenvalue weighted by molar-refractivity contribution is 5.49. The molecule has 0 radical (unpaired) electrons. The van der Waals surface area contributed by atoms with Crippen LogP contribution in [0, 0.1) is 5.92 Å². The molecule has 0 spiro atoms. The van der Waals surface area contributed by atoms with Gasteiger partial charge in [-0.05, 0) is 37.0 Å². The molecule has 1 heterocycles. The van der Waals surface area contributed by atoms with Crippen molar-refractivity contribution >= 4 is 6.08 Å². The molecule has 2 heteroatoms. The Kier molecular flexibility index (Phi) is 3.73. The van der Waals surface area contributed by atoms with E-state index in [9.17, 15) is 0 Å². The number of hydrogen-bond donors (Lipinski definition) is 1. The second-order valence-electron chi connectivity index (χ2n) is 4.78. The minimum atomic E-state index is 0.577. The lowest BCUT2D eigenvalue weighted by Gasteiger charge is -2.12. The van der Waals surface area contributed by atoms with Gasteiger partial charge in [-0.1, -0.05) is 25.5 Å². The Labute approximate surface area is 97.8 Å². The lowest BCUT2D eigenvalue weighted by molar-refractivity contribution is 0.662. The van der Waals surface area contributed by atoms with Gasteiger partial charge in [0.15, 0.2) is 0 Å². The summed E-state index contributed by atoms with van der Waals surface area (Å²) < 4.78 is 0. The van der Waals surface area contributed by atoms with Crippen LogP contribution in [0.2, 0.25) is 0 Å². The number of rotatable bonds is 5. The van der Waals surface area contributed by atoms with Crippen LogP contribution in [0.1, 0.15) is 32.4 Å². The molecule has 16 heavy (non-hydrogen) atoms. The van der Waals surface area contributed by atoms with E-state index < -0.39 is 0 Å². The zero-order chi connectivity index (χ0) is 11.4. The molecule has 1 aliphatic carbocycles. The zero-order valence-corrected chi connectivity index (χ0v) is 10.1. The van der Waals surface area contributed by atoms with Crippen LogP contribution < -0.4 is 5.32 Å². The van der Waals surface area contributed by atoms with Gasteiger partial charge in [-0.2, -0.15) is 0 Å². The zero-order valence-electron chi connectivity index (χ0n) is 10.1. The molecule has 1 fully saturated rings. The predicted octanol–water partition coefficient (Wildman–Crippen LogP) is 2.87. The maximum absolute atomic E-state index is 4.34. The van der Waals surface area contributed by atoms with E-state index in [-0.39, 0.29) is 0 Å². The van der Waals surface area contributed by atoms with Gasteiger partial charge >= 0.3 is 0 Å². The molecule has 2 rings (SSSR count). The Morgan fingerprint density at radius 1 is 1.50 bits per heavy atom. The van der Waals surface area contributed by atoms with E-state index in [4.69, 9.17) is 0 Å².